The van der Waals surface area contributed by atoms with Crippen molar-refractivity contribution in [1.29, 1.82) is 0 Å². The molecule has 0 saturated heterocycles. The molecular formula is C73H78ClN7O17S. The number of nitrogens with one attached hydrogen (secondary N) is 1. The molecule has 2 N–H and O–H groups in total. The predicted molar refractivity (Wildman–Crippen MR) is 371 cm³/mol. The van der Waals surface area contributed by atoms with Crippen molar-refractivity contribution >= 4 is 67.7 Å². The molecular weight excluding hydrogens is 1310 g/mol. The number of aromatic nitrogens is 5. The minimum absolute atomic E-state index is 0.00623. The molecule has 6 heterocycles. The lowest BCUT2D eigenvalue weighted by atomic mass is 9.82. The maximum atomic E-state index is 13.5. The average Bonchev–Trinajstić information content (AvgIpc) is 1.65. The van der Waals surface area contributed by atoms with Crippen molar-refractivity contribution in [3.8, 4) is 34.6 Å². The Labute approximate surface area is 576 Å². The Kier molecular flexibility index (Phi) is 23.1. The van der Waals surface area contributed by atoms with E-state index in [1.165, 1.54) is 42.5 Å². The van der Waals surface area contributed by atoms with Crippen LogP contribution in [0.2, 0.25) is 5.02 Å². The van der Waals surface area contributed by atoms with Gasteiger partial charge in [-0.1, -0.05) is 114 Å². The van der Waals surface area contributed by atoms with Crippen LogP contribution in [0.25, 0.3) is 22.2 Å². The summed E-state index contributed by atoms with van der Waals surface area (Å²) in [6, 6.07) is 38.3. The normalized spacial score (nSPS) is 14.1. The molecule has 3 aliphatic heterocycles. The minimum Gasteiger partial charge on any atom is -0.479 e. The Bertz CT molecular complexity index is 4690. The number of benzene rings is 6. The van der Waals surface area contributed by atoms with Crippen molar-refractivity contribution in [3.05, 3.63) is 209 Å². The van der Waals surface area contributed by atoms with Crippen LogP contribution >= 0.6 is 11.6 Å². The maximum Gasteiger partial charge on any atom is 0.400 e. The fourth-order valence-electron chi connectivity index (χ4n) is 11.2. The highest BCUT2D eigenvalue weighted by atomic mass is 35.5. The largest absolute Gasteiger partial charge is 0.479 e. The molecule has 0 saturated carbocycles. The summed E-state index contributed by atoms with van der Waals surface area (Å²) in [6.45, 7) is 19.1. The number of H-pyrrole nitrogens is 1. The Morgan fingerprint density at radius 1 is 0.768 bits per heavy atom. The Morgan fingerprint density at radius 2 is 1.39 bits per heavy atom. The van der Waals surface area contributed by atoms with Crippen molar-refractivity contribution in [3.63, 3.8) is 0 Å². The maximum absolute atomic E-state index is 13.5. The highest BCUT2D eigenvalue weighted by Gasteiger charge is 2.45. The van der Waals surface area contributed by atoms with E-state index in [1.807, 2.05) is 81.4 Å². The van der Waals surface area contributed by atoms with E-state index in [4.69, 9.17) is 54.5 Å². The van der Waals surface area contributed by atoms with Crippen LogP contribution in [0.3, 0.4) is 0 Å². The standard InChI is InChI=1S/C23H32N2O4.C18H17NO3.C16H12ClNO5.C16H17N3O5S/c1-7-16-13-15(3)14-17(8-2)18(16)19-20(26)24-9-11-28-12-10-25(24)21(19)29-22(27)23(4,5)6;1-2-21-17(20)16-13-18(22-19-16,14-9-5-3-6-10-14)15-11-7-4-8-12-15;1-9(15(19)20)21-11-3-5-12(6-4-11)22-16-18-13-7-2-10(17)8-14(13)23-16;1-9-10(15(20)11-8-17-19(2)16(11)21)4-5-13(25(3,22)23)14(9)12-6-7-24-18-12/h13-14H,7-12H2,1-6H3;3-12H,2,13H2,1H3;2-9H,1H3,(H,19,20);4-5,8,17H,6-7H2,1-3H3. The number of oxime groups is 2. The molecule has 0 spiro atoms. The van der Waals surface area contributed by atoms with Crippen molar-refractivity contribution in [2.75, 3.05) is 32.7 Å². The number of rotatable bonds is 17. The van der Waals surface area contributed by atoms with Gasteiger partial charge in [0.15, 0.2) is 38.6 Å². The number of aliphatic carboxylic acids is 1. The van der Waals surface area contributed by atoms with Gasteiger partial charge in [0.2, 0.25) is 5.88 Å². The van der Waals surface area contributed by atoms with E-state index in [0.717, 1.165) is 46.9 Å². The molecule has 6 aromatic carbocycles. The van der Waals surface area contributed by atoms with Crippen LogP contribution in [0.4, 0.5) is 0 Å². The molecule has 1 unspecified atom stereocenters. The number of carbonyl (C=O) groups is 4. The fourth-order valence-corrected chi connectivity index (χ4v) is 12.3. The van der Waals surface area contributed by atoms with E-state index in [2.05, 4.69) is 53.3 Å². The molecule has 0 amide bonds. The Balaban J connectivity index is 0.000000155. The topological polar surface area (TPSA) is 303 Å². The van der Waals surface area contributed by atoms with Gasteiger partial charge in [-0.3, -0.25) is 23.9 Å². The number of aromatic amines is 1. The van der Waals surface area contributed by atoms with Gasteiger partial charge in [0.05, 0.1) is 55.4 Å². The summed E-state index contributed by atoms with van der Waals surface area (Å²) in [5.41, 5.74) is 7.74. The van der Waals surface area contributed by atoms with Gasteiger partial charge < -0.3 is 48.0 Å². The van der Waals surface area contributed by atoms with Crippen LogP contribution in [-0.4, -0.2) is 112 Å². The average molecular weight is 1390 g/mol. The second-order valence-corrected chi connectivity index (χ2v) is 26.8. The van der Waals surface area contributed by atoms with Gasteiger partial charge in [-0.25, -0.2) is 27.4 Å². The lowest BCUT2D eigenvalue weighted by molar-refractivity contribution is -0.144. The second kappa shape index (κ2) is 31.4. The molecule has 1 atom stereocenters. The number of nitrogens with zero attached hydrogens (tertiary/aromatic N) is 6. The lowest BCUT2D eigenvalue weighted by Crippen LogP contribution is -2.29. The molecule has 520 valence electrons. The molecule has 3 aliphatic rings. The second-order valence-electron chi connectivity index (χ2n) is 24.4. The van der Waals surface area contributed by atoms with Gasteiger partial charge in [0, 0.05) is 59.3 Å². The molecule has 26 heteroatoms. The first-order chi connectivity index (χ1) is 47.2. The number of oxazole rings is 1. The number of ketones is 1. The van der Waals surface area contributed by atoms with Crippen molar-refractivity contribution in [1.82, 2.24) is 24.1 Å². The number of halogens is 1. The number of carboxylic acids is 1. The third kappa shape index (κ3) is 16.8. The number of carboxylic acid groups (broad SMARTS) is 1. The number of fused-ring (bicyclic) bond motifs is 2. The monoisotopic (exact) mass is 1390 g/mol. The zero-order valence-electron chi connectivity index (χ0n) is 56.8. The summed E-state index contributed by atoms with van der Waals surface area (Å²) < 4.78 is 61.6. The van der Waals surface area contributed by atoms with E-state index in [9.17, 15) is 37.2 Å². The minimum atomic E-state index is -3.52. The number of sulfone groups is 1. The van der Waals surface area contributed by atoms with Crippen LogP contribution in [0.5, 0.6) is 23.5 Å². The van der Waals surface area contributed by atoms with Crippen LogP contribution in [0, 0.1) is 19.3 Å². The van der Waals surface area contributed by atoms with Gasteiger partial charge >= 0.3 is 24.0 Å². The van der Waals surface area contributed by atoms with E-state index >= 15 is 0 Å². The van der Waals surface area contributed by atoms with Gasteiger partial charge in [-0.15, -0.1) is 0 Å². The van der Waals surface area contributed by atoms with Crippen molar-refractivity contribution < 1.29 is 70.5 Å². The molecule has 0 radical (unpaired) electrons. The molecule has 24 nitrogen and oxygen atoms in total. The van der Waals surface area contributed by atoms with Crippen LogP contribution in [0.1, 0.15) is 116 Å². The quantitative estimate of drug-likeness (QED) is 0.0632. The number of ether oxygens (including phenoxy) is 5. The van der Waals surface area contributed by atoms with Crippen molar-refractivity contribution in [2.24, 2.45) is 22.8 Å². The number of hydrogen-bond acceptors (Lipinski definition) is 19. The summed E-state index contributed by atoms with van der Waals surface area (Å²) >= 11 is 5.88. The predicted octanol–water partition coefficient (Wildman–Crippen LogP) is 11.9. The summed E-state index contributed by atoms with van der Waals surface area (Å²) in [5, 5.41) is 19.9. The lowest BCUT2D eigenvalue weighted by Gasteiger charge is -2.27. The molecule has 12 rings (SSSR count). The third-order valence-electron chi connectivity index (χ3n) is 16.2. The Hall–Kier alpha value is -10.4. The SMILES string of the molecule is CC(Oc1ccc(Oc2nc3ccc(Cl)cc3o2)cc1)C(=O)O.CCOC(=O)C1=NOC(c2ccccc2)(c2ccccc2)C1.CCc1cc(C)cc(CC)c1-c1c(OC(=O)C(C)(C)C)n2n(c1=O)CCOCC2.Cc1c(C(=O)c2c[nH]n(C)c2=O)ccc(S(C)(=O)=O)c1C1=NOCC1. The molecule has 9 aromatic rings. The summed E-state index contributed by atoms with van der Waals surface area (Å²) in [7, 11) is -2.02. The van der Waals surface area contributed by atoms with Crippen molar-refractivity contribution in [2.45, 2.75) is 118 Å². The van der Waals surface area contributed by atoms with Gasteiger partial charge in [0.25, 0.3) is 11.1 Å². The summed E-state index contributed by atoms with van der Waals surface area (Å²) in [6.07, 6.45) is 4.01. The molecule has 3 aromatic heterocycles. The van der Waals surface area contributed by atoms with E-state index in [-0.39, 0.29) is 33.6 Å². The molecule has 0 bridgehead atoms. The molecule has 0 aliphatic carbocycles. The summed E-state index contributed by atoms with van der Waals surface area (Å²) in [4.78, 5) is 88.9. The highest BCUT2D eigenvalue weighted by Crippen LogP contribution is 2.42. The number of hydrogen-bond donors (Lipinski definition) is 2. The number of esters is 2. The number of aryl methyl sites for hydroxylation is 4. The molecule has 99 heavy (non-hydrogen) atoms. The Morgan fingerprint density at radius 3 is 1.95 bits per heavy atom. The van der Waals surface area contributed by atoms with Crippen LogP contribution in [0.15, 0.2) is 163 Å². The van der Waals surface area contributed by atoms with Gasteiger partial charge in [-0.05, 0) is 132 Å². The van der Waals surface area contributed by atoms with E-state index in [0.29, 0.717) is 114 Å². The zero-order valence-corrected chi connectivity index (χ0v) is 58.4. The summed E-state index contributed by atoms with van der Waals surface area (Å²) in [5.74, 6) is -1.02. The first-order valence-corrected chi connectivity index (χ1v) is 34.3. The third-order valence-corrected chi connectivity index (χ3v) is 17.6. The number of carbonyl (C=O) groups excluding carboxylic acids is 3. The molecule has 0 fully saturated rings. The fraction of sp³-hybridized carbons (Fsp3) is 0.329. The first-order valence-electron chi connectivity index (χ1n) is 32.0. The van der Waals surface area contributed by atoms with Gasteiger partial charge in [-0.2, -0.15) is 4.98 Å². The van der Waals surface area contributed by atoms with E-state index < -0.39 is 50.2 Å². The zero-order chi connectivity index (χ0) is 71.5. The van der Waals surface area contributed by atoms with Crippen LogP contribution in [-0.2, 0) is 81.9 Å². The van der Waals surface area contributed by atoms with E-state index in [1.54, 1.807) is 65.7 Å². The van der Waals surface area contributed by atoms with Gasteiger partial charge in [0.1, 0.15) is 34.7 Å². The smallest absolute Gasteiger partial charge is 0.400 e. The first kappa shape index (κ1) is 72.9. The highest BCUT2D eigenvalue weighted by molar-refractivity contribution is 7.90. The van der Waals surface area contributed by atoms with Crippen LogP contribution < -0.4 is 25.3 Å².